The molecule has 0 aromatic heterocycles. The maximum absolute atomic E-state index is 4.51. The molecular weight excluding hydrogens is 218 g/mol. The van der Waals surface area contributed by atoms with Crippen LogP contribution in [0.5, 0.6) is 0 Å². The summed E-state index contributed by atoms with van der Waals surface area (Å²) in [5, 5.41) is 0. The molecule has 1 rings (SSSR count). The van der Waals surface area contributed by atoms with Gasteiger partial charge in [0.1, 0.15) is 0 Å². The molecule has 0 radical (unpaired) electrons. The van der Waals surface area contributed by atoms with Crippen LogP contribution >= 0.6 is 0 Å². The number of rotatable bonds is 4. The van der Waals surface area contributed by atoms with E-state index in [1.165, 1.54) is 11.1 Å². The number of aliphatic imine (C=N–C) groups is 1. The first-order valence-electron chi connectivity index (χ1n) is 6.19. The van der Waals surface area contributed by atoms with E-state index in [0.717, 1.165) is 16.8 Å². The highest BCUT2D eigenvalue weighted by Crippen LogP contribution is 2.26. The molecule has 0 spiro atoms. The Labute approximate surface area is 110 Å². The van der Waals surface area contributed by atoms with Crippen LogP contribution in [0.1, 0.15) is 31.9 Å². The Bertz CT molecular complexity index is 499. The van der Waals surface area contributed by atoms with Gasteiger partial charge in [-0.25, -0.2) is 0 Å². The SMILES string of the molecule is C=CC(=C(/N=CC)c1ccc(C)cc1)/C(C)=C/C. The maximum atomic E-state index is 4.51. The zero-order chi connectivity index (χ0) is 13.5. The van der Waals surface area contributed by atoms with Gasteiger partial charge in [0.15, 0.2) is 0 Å². The number of allylic oxidation sites excluding steroid dienone is 4. The molecule has 0 amide bonds. The van der Waals surface area contributed by atoms with Crippen LogP contribution in [0, 0.1) is 6.92 Å². The molecule has 1 aromatic carbocycles. The predicted molar refractivity (Wildman–Crippen MR) is 81.9 cm³/mol. The number of aryl methyl sites for hydroxylation is 1. The van der Waals surface area contributed by atoms with Gasteiger partial charge >= 0.3 is 0 Å². The van der Waals surface area contributed by atoms with Gasteiger partial charge < -0.3 is 0 Å². The summed E-state index contributed by atoms with van der Waals surface area (Å²) in [5.74, 6) is 0. The van der Waals surface area contributed by atoms with Crippen molar-refractivity contribution in [2.75, 3.05) is 0 Å². The summed E-state index contributed by atoms with van der Waals surface area (Å²) in [7, 11) is 0. The van der Waals surface area contributed by atoms with Crippen molar-refractivity contribution in [3.8, 4) is 0 Å². The lowest BCUT2D eigenvalue weighted by atomic mass is 10.00. The lowest BCUT2D eigenvalue weighted by Gasteiger charge is -2.10. The number of benzene rings is 1. The van der Waals surface area contributed by atoms with E-state index in [1.54, 1.807) is 0 Å². The monoisotopic (exact) mass is 239 g/mol. The first-order valence-corrected chi connectivity index (χ1v) is 6.19. The normalized spacial score (nSPS) is 13.7. The molecule has 0 saturated carbocycles. The van der Waals surface area contributed by atoms with Crippen LogP contribution in [-0.2, 0) is 0 Å². The summed E-state index contributed by atoms with van der Waals surface area (Å²) in [5.41, 5.74) is 5.62. The molecule has 0 atom stereocenters. The number of hydrogen-bond donors (Lipinski definition) is 0. The minimum Gasteiger partial charge on any atom is -0.260 e. The van der Waals surface area contributed by atoms with Crippen LogP contribution in [0.25, 0.3) is 5.70 Å². The second-order valence-corrected chi connectivity index (χ2v) is 4.19. The van der Waals surface area contributed by atoms with Crippen molar-refractivity contribution in [2.45, 2.75) is 27.7 Å². The highest BCUT2D eigenvalue weighted by molar-refractivity contribution is 5.79. The van der Waals surface area contributed by atoms with Gasteiger partial charge in [0.25, 0.3) is 0 Å². The Morgan fingerprint density at radius 1 is 1.17 bits per heavy atom. The van der Waals surface area contributed by atoms with Crippen molar-refractivity contribution in [1.82, 2.24) is 0 Å². The maximum Gasteiger partial charge on any atom is 0.0772 e. The van der Waals surface area contributed by atoms with Crippen LogP contribution < -0.4 is 0 Å². The van der Waals surface area contributed by atoms with Crippen LogP contribution in [0.2, 0.25) is 0 Å². The third-order valence-electron chi connectivity index (χ3n) is 2.90. The summed E-state index contributed by atoms with van der Waals surface area (Å²) >= 11 is 0. The largest absolute Gasteiger partial charge is 0.260 e. The standard InChI is InChI=1S/C17H21N/c1-6-14(5)16(7-2)17(18-8-3)15-11-9-13(4)10-12-15/h6-12H,2H2,1,3-5H3/b14-6+,17-16-,18-8?. The minimum absolute atomic E-state index is 0.975. The van der Waals surface area contributed by atoms with E-state index in [-0.39, 0.29) is 0 Å². The molecule has 94 valence electrons. The Kier molecular flexibility index (Phi) is 5.31. The highest BCUT2D eigenvalue weighted by atomic mass is 14.7. The second kappa shape index (κ2) is 6.75. The van der Waals surface area contributed by atoms with Crippen LogP contribution in [0.15, 0.2) is 59.1 Å². The molecule has 1 aromatic rings. The lowest BCUT2D eigenvalue weighted by molar-refractivity contribution is 1.35. The molecule has 0 aliphatic carbocycles. The molecule has 0 fully saturated rings. The van der Waals surface area contributed by atoms with Gasteiger partial charge in [-0.15, -0.1) is 0 Å². The molecule has 0 aliphatic heterocycles. The molecule has 18 heavy (non-hydrogen) atoms. The van der Waals surface area contributed by atoms with Crippen molar-refractivity contribution in [3.05, 3.63) is 65.3 Å². The topological polar surface area (TPSA) is 12.4 Å². The molecule has 1 heteroatoms. The average Bonchev–Trinajstić information content (AvgIpc) is 2.39. The lowest BCUT2D eigenvalue weighted by Crippen LogP contribution is -1.90. The first kappa shape index (κ1) is 14.2. The molecule has 0 aliphatic rings. The highest BCUT2D eigenvalue weighted by Gasteiger charge is 2.06. The van der Waals surface area contributed by atoms with Crippen molar-refractivity contribution < 1.29 is 0 Å². The summed E-state index contributed by atoms with van der Waals surface area (Å²) in [4.78, 5) is 4.51. The van der Waals surface area contributed by atoms with E-state index < -0.39 is 0 Å². The summed E-state index contributed by atoms with van der Waals surface area (Å²) in [6, 6.07) is 8.41. The van der Waals surface area contributed by atoms with Gasteiger partial charge in [0, 0.05) is 17.4 Å². The minimum atomic E-state index is 0.975. The molecule has 0 unspecified atom stereocenters. The molecule has 1 nitrogen and oxygen atoms in total. The summed E-state index contributed by atoms with van der Waals surface area (Å²) < 4.78 is 0. The van der Waals surface area contributed by atoms with E-state index >= 15 is 0 Å². The smallest absolute Gasteiger partial charge is 0.0772 e. The first-order chi connectivity index (χ1) is 8.63. The Balaban J connectivity index is 3.45. The Hall–Kier alpha value is -1.89. The zero-order valence-electron chi connectivity index (χ0n) is 11.7. The molecule has 0 heterocycles. The van der Waals surface area contributed by atoms with Gasteiger partial charge in [-0.05, 0) is 33.3 Å². The Morgan fingerprint density at radius 3 is 2.22 bits per heavy atom. The molecule has 0 bridgehead atoms. The zero-order valence-corrected chi connectivity index (χ0v) is 11.7. The molecule has 0 saturated heterocycles. The van der Waals surface area contributed by atoms with Crippen molar-refractivity contribution in [3.63, 3.8) is 0 Å². The van der Waals surface area contributed by atoms with Crippen LogP contribution in [0.3, 0.4) is 0 Å². The third kappa shape index (κ3) is 3.30. The molecule has 0 N–H and O–H groups in total. The van der Waals surface area contributed by atoms with Gasteiger partial charge in [-0.2, -0.15) is 0 Å². The fourth-order valence-corrected chi connectivity index (χ4v) is 1.74. The van der Waals surface area contributed by atoms with E-state index in [1.807, 2.05) is 26.1 Å². The van der Waals surface area contributed by atoms with E-state index in [4.69, 9.17) is 0 Å². The van der Waals surface area contributed by atoms with Crippen LogP contribution in [-0.4, -0.2) is 6.21 Å². The molecular formula is C17H21N. The van der Waals surface area contributed by atoms with Crippen LogP contribution in [0.4, 0.5) is 0 Å². The van der Waals surface area contributed by atoms with E-state index in [9.17, 15) is 0 Å². The van der Waals surface area contributed by atoms with Crippen molar-refractivity contribution in [1.29, 1.82) is 0 Å². The van der Waals surface area contributed by atoms with E-state index in [2.05, 4.69) is 55.8 Å². The summed E-state index contributed by atoms with van der Waals surface area (Å²) in [6.45, 7) is 12.0. The predicted octanol–water partition coefficient (Wildman–Crippen LogP) is 4.95. The Morgan fingerprint density at radius 2 is 1.78 bits per heavy atom. The quantitative estimate of drug-likeness (QED) is 0.521. The second-order valence-electron chi connectivity index (χ2n) is 4.19. The van der Waals surface area contributed by atoms with Gasteiger partial charge in [-0.3, -0.25) is 4.99 Å². The number of nitrogens with zero attached hydrogens (tertiary/aromatic N) is 1. The summed E-state index contributed by atoms with van der Waals surface area (Å²) in [6.07, 6.45) is 5.77. The van der Waals surface area contributed by atoms with Gasteiger partial charge in [-0.1, -0.05) is 48.6 Å². The number of hydrogen-bond acceptors (Lipinski definition) is 1. The third-order valence-corrected chi connectivity index (χ3v) is 2.90. The average molecular weight is 239 g/mol. The van der Waals surface area contributed by atoms with Crippen molar-refractivity contribution >= 4 is 11.9 Å². The fraction of sp³-hybridized carbons (Fsp3) is 0.235. The van der Waals surface area contributed by atoms with Crippen molar-refractivity contribution in [2.24, 2.45) is 4.99 Å². The van der Waals surface area contributed by atoms with Gasteiger partial charge in [0.05, 0.1) is 5.70 Å². The fourth-order valence-electron chi connectivity index (χ4n) is 1.74. The van der Waals surface area contributed by atoms with E-state index in [0.29, 0.717) is 0 Å². The van der Waals surface area contributed by atoms with Gasteiger partial charge in [0.2, 0.25) is 0 Å².